The van der Waals surface area contributed by atoms with E-state index in [0.29, 0.717) is 5.69 Å². The van der Waals surface area contributed by atoms with Gasteiger partial charge in [-0.1, -0.05) is 13.8 Å². The summed E-state index contributed by atoms with van der Waals surface area (Å²) in [7, 11) is 1.64. The Bertz CT molecular complexity index is 513. The Morgan fingerprint density at radius 3 is 2.47 bits per heavy atom. The van der Waals surface area contributed by atoms with E-state index < -0.39 is 9.05 Å². The summed E-state index contributed by atoms with van der Waals surface area (Å²) < 4.78 is 30.4. The van der Waals surface area contributed by atoms with Gasteiger partial charge in [0.05, 0.1) is 24.6 Å². The Hall–Kier alpha value is -0.590. The summed E-state index contributed by atoms with van der Waals surface area (Å²) >= 11 is 0. The minimum absolute atomic E-state index is 0.0396. The highest BCUT2D eigenvalue weighted by molar-refractivity contribution is 8.13. The van der Waals surface area contributed by atoms with Crippen LogP contribution in [-0.2, 0) is 20.4 Å². The molecule has 0 saturated heterocycles. The Morgan fingerprint density at radius 1 is 1.37 bits per heavy atom. The Kier molecular flexibility index (Phi) is 5.82. The molecule has 0 spiro atoms. The van der Waals surface area contributed by atoms with Crippen LogP contribution in [0.2, 0.25) is 0 Å². The summed E-state index contributed by atoms with van der Waals surface area (Å²) in [6.07, 6.45) is 3.07. The molecule has 0 saturated carbocycles. The van der Waals surface area contributed by atoms with E-state index in [0.717, 1.165) is 12.8 Å². The number of ether oxygens (including phenoxy) is 1. The van der Waals surface area contributed by atoms with Gasteiger partial charge in [0.15, 0.2) is 0 Å². The molecule has 0 aliphatic heterocycles. The Balaban J connectivity index is 3.11. The molecule has 0 radical (unpaired) electrons. The van der Waals surface area contributed by atoms with E-state index in [2.05, 4.69) is 5.10 Å². The smallest absolute Gasteiger partial charge is 0.264 e. The van der Waals surface area contributed by atoms with Gasteiger partial charge < -0.3 is 4.74 Å². The van der Waals surface area contributed by atoms with Crippen LogP contribution in [0.5, 0.6) is 0 Å². The van der Waals surface area contributed by atoms with Gasteiger partial charge in [-0.15, -0.1) is 0 Å². The number of nitrogens with zero attached hydrogens (tertiary/aromatic N) is 2. The molecule has 1 rings (SSSR count). The molecule has 0 aliphatic carbocycles. The molecule has 0 aromatic carbocycles. The van der Waals surface area contributed by atoms with Gasteiger partial charge in [-0.2, -0.15) is 5.10 Å². The molecule has 1 aromatic rings. The third-order valence-corrected chi connectivity index (χ3v) is 4.58. The number of hydrogen-bond acceptors (Lipinski definition) is 4. The second-order valence-electron chi connectivity index (χ2n) is 4.63. The monoisotopic (exact) mass is 308 g/mol. The first-order valence-electron chi connectivity index (χ1n) is 6.43. The summed E-state index contributed by atoms with van der Waals surface area (Å²) in [4.78, 5) is 0.0396. The summed E-state index contributed by atoms with van der Waals surface area (Å²) in [6, 6.07) is 0.0997. The van der Waals surface area contributed by atoms with Crippen LogP contribution in [0.15, 0.2) is 11.1 Å². The van der Waals surface area contributed by atoms with E-state index in [1.54, 1.807) is 4.68 Å². The van der Waals surface area contributed by atoms with Crippen molar-refractivity contribution < 1.29 is 13.2 Å². The molecular weight excluding hydrogens is 288 g/mol. The lowest BCUT2D eigenvalue weighted by Gasteiger charge is -2.16. The maximum absolute atomic E-state index is 11.5. The second kappa shape index (κ2) is 6.72. The normalized spacial score (nSPS) is 15.4. The second-order valence-corrected chi connectivity index (χ2v) is 7.16. The lowest BCUT2D eigenvalue weighted by molar-refractivity contribution is 0.0446. The fraction of sp³-hybridized carbons (Fsp3) is 0.750. The van der Waals surface area contributed by atoms with Gasteiger partial charge in [0.1, 0.15) is 4.90 Å². The van der Waals surface area contributed by atoms with E-state index in [9.17, 15) is 8.42 Å². The average molecular weight is 309 g/mol. The van der Waals surface area contributed by atoms with Crippen LogP contribution in [0.3, 0.4) is 0 Å². The van der Waals surface area contributed by atoms with E-state index >= 15 is 0 Å². The zero-order valence-electron chi connectivity index (χ0n) is 11.8. The summed E-state index contributed by atoms with van der Waals surface area (Å²) in [6.45, 7) is 8.14. The van der Waals surface area contributed by atoms with Gasteiger partial charge in [-0.05, 0) is 26.7 Å². The number of hydrogen-bond donors (Lipinski definition) is 0. The zero-order chi connectivity index (χ0) is 14.6. The van der Waals surface area contributed by atoms with Crippen LogP contribution in [0.25, 0.3) is 0 Å². The van der Waals surface area contributed by atoms with Crippen LogP contribution in [0, 0.1) is 0 Å². The van der Waals surface area contributed by atoms with Crippen molar-refractivity contribution in [1.29, 1.82) is 0 Å². The van der Waals surface area contributed by atoms with Crippen molar-refractivity contribution in [3.05, 3.63) is 11.9 Å². The van der Waals surface area contributed by atoms with Gasteiger partial charge in [0.2, 0.25) is 0 Å². The quantitative estimate of drug-likeness (QED) is 0.726. The molecule has 7 heteroatoms. The standard InChI is InChI=1S/C12H21ClN2O3S/c1-5-9(3)15-11(8-18-10(4)6-2)12(7-14-15)19(13,16)17/h7,9-10H,5-6,8H2,1-4H3/t9-,10-/m0/s1. The van der Waals surface area contributed by atoms with Crippen molar-refractivity contribution >= 4 is 19.7 Å². The van der Waals surface area contributed by atoms with Crippen molar-refractivity contribution in [3.8, 4) is 0 Å². The Labute approximate surface area is 119 Å². The molecule has 5 nitrogen and oxygen atoms in total. The molecule has 19 heavy (non-hydrogen) atoms. The highest BCUT2D eigenvalue weighted by Gasteiger charge is 2.23. The molecule has 0 N–H and O–H groups in total. The maximum Gasteiger partial charge on any atom is 0.264 e. The van der Waals surface area contributed by atoms with Crippen molar-refractivity contribution in [2.45, 2.75) is 64.2 Å². The lowest BCUT2D eigenvalue weighted by atomic mass is 10.2. The third-order valence-electron chi connectivity index (χ3n) is 3.21. The largest absolute Gasteiger partial charge is 0.372 e. The molecule has 2 atom stereocenters. The molecule has 110 valence electrons. The molecule has 0 aliphatic rings. The van der Waals surface area contributed by atoms with Crippen LogP contribution < -0.4 is 0 Å². The lowest BCUT2D eigenvalue weighted by Crippen LogP contribution is -2.15. The number of rotatable bonds is 7. The van der Waals surface area contributed by atoms with Gasteiger partial charge in [0.25, 0.3) is 9.05 Å². The van der Waals surface area contributed by atoms with Crippen LogP contribution in [-0.4, -0.2) is 24.3 Å². The first kappa shape index (κ1) is 16.5. The van der Waals surface area contributed by atoms with Crippen LogP contribution in [0.4, 0.5) is 0 Å². The van der Waals surface area contributed by atoms with Gasteiger partial charge >= 0.3 is 0 Å². The van der Waals surface area contributed by atoms with Gasteiger partial charge in [-0.25, -0.2) is 8.42 Å². The van der Waals surface area contributed by atoms with E-state index in [1.807, 2.05) is 27.7 Å². The fourth-order valence-electron chi connectivity index (χ4n) is 1.60. The zero-order valence-corrected chi connectivity index (χ0v) is 13.3. The minimum Gasteiger partial charge on any atom is -0.372 e. The highest BCUT2D eigenvalue weighted by Crippen LogP contribution is 2.24. The predicted molar refractivity (Wildman–Crippen MR) is 74.8 cm³/mol. The van der Waals surface area contributed by atoms with Crippen molar-refractivity contribution in [3.63, 3.8) is 0 Å². The van der Waals surface area contributed by atoms with Gasteiger partial charge in [-0.3, -0.25) is 4.68 Å². The minimum atomic E-state index is -3.80. The van der Waals surface area contributed by atoms with E-state index in [1.165, 1.54) is 6.20 Å². The first-order chi connectivity index (χ1) is 8.81. The average Bonchev–Trinajstić information content (AvgIpc) is 2.78. The summed E-state index contributed by atoms with van der Waals surface area (Å²) in [5.74, 6) is 0. The first-order valence-corrected chi connectivity index (χ1v) is 8.74. The molecule has 1 heterocycles. The SMILES string of the molecule is CC[C@H](C)OCc1c(S(=O)(=O)Cl)cnn1[C@@H](C)CC. The van der Waals surface area contributed by atoms with Crippen molar-refractivity contribution in [1.82, 2.24) is 9.78 Å². The van der Waals surface area contributed by atoms with Crippen molar-refractivity contribution in [2.24, 2.45) is 0 Å². The Morgan fingerprint density at radius 2 is 2.00 bits per heavy atom. The van der Waals surface area contributed by atoms with E-state index in [-0.39, 0.29) is 23.6 Å². The third kappa shape index (κ3) is 4.19. The summed E-state index contributed by atoms with van der Waals surface area (Å²) in [5.41, 5.74) is 0.518. The molecular formula is C12H21ClN2O3S. The predicted octanol–water partition coefficient (Wildman–Crippen LogP) is 3.10. The molecule has 0 amide bonds. The fourth-order valence-corrected chi connectivity index (χ4v) is 2.60. The van der Waals surface area contributed by atoms with Crippen molar-refractivity contribution in [2.75, 3.05) is 0 Å². The molecule has 0 bridgehead atoms. The van der Waals surface area contributed by atoms with Crippen LogP contribution in [0.1, 0.15) is 52.3 Å². The molecule has 0 unspecified atom stereocenters. The summed E-state index contributed by atoms with van der Waals surface area (Å²) in [5, 5.41) is 4.13. The number of halogens is 1. The van der Waals surface area contributed by atoms with Gasteiger partial charge in [0, 0.05) is 16.7 Å². The van der Waals surface area contributed by atoms with E-state index in [4.69, 9.17) is 15.4 Å². The molecule has 0 fully saturated rings. The van der Waals surface area contributed by atoms with Crippen LogP contribution >= 0.6 is 10.7 Å². The molecule has 1 aromatic heterocycles. The maximum atomic E-state index is 11.5. The highest BCUT2D eigenvalue weighted by atomic mass is 35.7. The topological polar surface area (TPSA) is 61.2 Å². The number of aromatic nitrogens is 2.